The lowest BCUT2D eigenvalue weighted by molar-refractivity contribution is -0.117. The number of carbonyl (C=O) groups excluding carboxylic acids is 1. The predicted octanol–water partition coefficient (Wildman–Crippen LogP) is 5.07. The number of benzene rings is 3. The van der Waals surface area contributed by atoms with Gasteiger partial charge in [-0.1, -0.05) is 72.3 Å². The van der Waals surface area contributed by atoms with Gasteiger partial charge >= 0.3 is 0 Å². The first-order chi connectivity index (χ1) is 14.6. The average molecular weight is 418 g/mol. The maximum atomic E-state index is 12.8. The molecule has 150 valence electrons. The van der Waals surface area contributed by atoms with E-state index in [1.54, 1.807) is 18.2 Å². The summed E-state index contributed by atoms with van der Waals surface area (Å²) in [6, 6.07) is 25.9. The van der Waals surface area contributed by atoms with Gasteiger partial charge in [-0.15, -0.1) is 0 Å². The molecule has 0 atom stereocenters. The molecule has 0 radical (unpaired) electrons. The van der Waals surface area contributed by atoms with E-state index in [2.05, 4.69) is 10.6 Å². The molecule has 6 heteroatoms. The van der Waals surface area contributed by atoms with Crippen LogP contribution in [-0.4, -0.2) is 13.0 Å². The van der Waals surface area contributed by atoms with Gasteiger partial charge in [0.25, 0.3) is 5.91 Å². The number of rotatable bonds is 7. The first-order valence-electron chi connectivity index (χ1n) is 9.23. The standard InChI is InChI=1S/C24H20ClN3O2/c1-30-22-13-12-20(14-21(22)25)27-16-19(15-26)24(29)28-23(17-8-4-2-5-9-17)18-10-6-3-7-11-18/h2-14,16,23,27H,1H3,(H,28,29)/b19-16-. The lowest BCUT2D eigenvalue weighted by Gasteiger charge is -2.19. The van der Waals surface area contributed by atoms with Gasteiger partial charge in [-0.3, -0.25) is 4.79 Å². The van der Waals surface area contributed by atoms with Gasteiger partial charge in [0.2, 0.25) is 0 Å². The minimum atomic E-state index is -0.484. The van der Waals surface area contributed by atoms with E-state index in [0.29, 0.717) is 16.5 Å². The Morgan fingerprint density at radius 3 is 2.13 bits per heavy atom. The molecule has 0 aliphatic carbocycles. The van der Waals surface area contributed by atoms with Crippen molar-refractivity contribution in [1.29, 1.82) is 5.26 Å². The Bertz CT molecular complexity index is 1040. The third-order valence-electron chi connectivity index (χ3n) is 4.44. The van der Waals surface area contributed by atoms with E-state index in [1.807, 2.05) is 66.7 Å². The molecule has 3 aromatic rings. The molecule has 3 aromatic carbocycles. The van der Waals surface area contributed by atoms with Crippen LogP contribution < -0.4 is 15.4 Å². The highest BCUT2D eigenvalue weighted by atomic mass is 35.5. The second-order valence-corrected chi connectivity index (χ2v) is 6.80. The van der Waals surface area contributed by atoms with Gasteiger partial charge in [-0.2, -0.15) is 5.26 Å². The number of nitrogens with zero attached hydrogens (tertiary/aromatic N) is 1. The minimum Gasteiger partial charge on any atom is -0.495 e. The number of amides is 1. The smallest absolute Gasteiger partial charge is 0.264 e. The van der Waals surface area contributed by atoms with Crippen molar-refractivity contribution in [3.05, 3.63) is 107 Å². The van der Waals surface area contributed by atoms with Crippen LogP contribution in [0.4, 0.5) is 5.69 Å². The van der Waals surface area contributed by atoms with Crippen molar-refractivity contribution >= 4 is 23.2 Å². The topological polar surface area (TPSA) is 74.1 Å². The second kappa shape index (κ2) is 10.1. The molecule has 3 rings (SSSR count). The number of ether oxygens (including phenoxy) is 1. The quantitative estimate of drug-likeness (QED) is 0.415. The van der Waals surface area contributed by atoms with Gasteiger partial charge in [0.05, 0.1) is 18.2 Å². The molecule has 0 saturated heterocycles. The highest BCUT2D eigenvalue weighted by Gasteiger charge is 2.19. The molecule has 0 aliphatic rings. The largest absolute Gasteiger partial charge is 0.495 e. The summed E-state index contributed by atoms with van der Waals surface area (Å²) in [5, 5.41) is 15.8. The molecule has 30 heavy (non-hydrogen) atoms. The first-order valence-corrected chi connectivity index (χ1v) is 9.61. The maximum Gasteiger partial charge on any atom is 0.264 e. The molecule has 0 aromatic heterocycles. The lowest BCUT2D eigenvalue weighted by atomic mass is 9.98. The van der Waals surface area contributed by atoms with Gasteiger partial charge < -0.3 is 15.4 Å². The van der Waals surface area contributed by atoms with Crippen LogP contribution in [0.3, 0.4) is 0 Å². The molecule has 0 bridgehead atoms. The van der Waals surface area contributed by atoms with Crippen molar-refractivity contribution in [2.24, 2.45) is 0 Å². The third-order valence-corrected chi connectivity index (χ3v) is 4.74. The van der Waals surface area contributed by atoms with Crippen LogP contribution in [0.5, 0.6) is 5.75 Å². The molecule has 2 N–H and O–H groups in total. The monoisotopic (exact) mass is 417 g/mol. The van der Waals surface area contributed by atoms with E-state index in [0.717, 1.165) is 11.1 Å². The van der Waals surface area contributed by atoms with Crippen LogP contribution in [0.15, 0.2) is 90.6 Å². The Morgan fingerprint density at radius 1 is 1.03 bits per heavy atom. The average Bonchev–Trinajstić information content (AvgIpc) is 2.79. The molecule has 0 unspecified atom stereocenters. The van der Waals surface area contributed by atoms with Crippen molar-refractivity contribution in [1.82, 2.24) is 5.32 Å². The zero-order valence-corrected chi connectivity index (χ0v) is 17.1. The van der Waals surface area contributed by atoms with Crippen molar-refractivity contribution < 1.29 is 9.53 Å². The van der Waals surface area contributed by atoms with E-state index in [4.69, 9.17) is 16.3 Å². The van der Waals surface area contributed by atoms with Crippen LogP contribution in [0.1, 0.15) is 17.2 Å². The maximum absolute atomic E-state index is 12.8. The number of halogens is 1. The highest BCUT2D eigenvalue weighted by molar-refractivity contribution is 6.32. The van der Waals surface area contributed by atoms with E-state index < -0.39 is 5.91 Å². The van der Waals surface area contributed by atoms with Crippen molar-refractivity contribution in [2.45, 2.75) is 6.04 Å². The van der Waals surface area contributed by atoms with Crippen LogP contribution in [0, 0.1) is 11.3 Å². The summed E-state index contributed by atoms with van der Waals surface area (Å²) >= 11 is 6.12. The molecule has 0 spiro atoms. The number of anilines is 1. The summed E-state index contributed by atoms with van der Waals surface area (Å²) in [6.07, 6.45) is 1.36. The Kier molecular flexibility index (Phi) is 7.09. The molecule has 1 amide bonds. The van der Waals surface area contributed by atoms with Crippen molar-refractivity contribution in [3.8, 4) is 11.8 Å². The molecule has 0 fully saturated rings. The van der Waals surface area contributed by atoms with E-state index >= 15 is 0 Å². The molecule has 0 saturated carbocycles. The SMILES string of the molecule is COc1ccc(N/C=C(/C#N)C(=O)NC(c2ccccc2)c2ccccc2)cc1Cl. The molecular weight excluding hydrogens is 398 g/mol. The van der Waals surface area contributed by atoms with Crippen molar-refractivity contribution in [2.75, 3.05) is 12.4 Å². The minimum absolute atomic E-state index is 0.0567. The third kappa shape index (κ3) is 5.19. The molecule has 0 heterocycles. The van der Waals surface area contributed by atoms with Crippen LogP contribution in [0.25, 0.3) is 0 Å². The van der Waals surface area contributed by atoms with E-state index in [9.17, 15) is 10.1 Å². The highest BCUT2D eigenvalue weighted by Crippen LogP contribution is 2.27. The predicted molar refractivity (Wildman–Crippen MR) is 118 cm³/mol. The number of carbonyl (C=O) groups is 1. The first kappa shape index (κ1) is 21.0. The van der Waals surface area contributed by atoms with Gasteiger partial charge in [0.15, 0.2) is 0 Å². The zero-order chi connectivity index (χ0) is 21.3. The van der Waals surface area contributed by atoms with Crippen molar-refractivity contribution in [3.63, 3.8) is 0 Å². The van der Waals surface area contributed by atoms with E-state index in [1.165, 1.54) is 13.3 Å². The Labute approximate surface area is 180 Å². The molecular formula is C24H20ClN3O2. The second-order valence-electron chi connectivity index (χ2n) is 6.39. The summed E-state index contributed by atoms with van der Waals surface area (Å²) < 4.78 is 5.12. The van der Waals surface area contributed by atoms with Crippen LogP contribution in [0.2, 0.25) is 5.02 Å². The summed E-state index contributed by atoms with van der Waals surface area (Å²) in [5.74, 6) is 0.0559. The molecule has 0 aliphatic heterocycles. The Balaban J connectivity index is 1.80. The number of hydrogen-bond acceptors (Lipinski definition) is 4. The fraction of sp³-hybridized carbons (Fsp3) is 0.0833. The fourth-order valence-electron chi connectivity index (χ4n) is 2.92. The van der Waals surface area contributed by atoms with Gasteiger partial charge in [0.1, 0.15) is 17.4 Å². The number of hydrogen-bond donors (Lipinski definition) is 2. The van der Waals surface area contributed by atoms with Gasteiger partial charge in [-0.25, -0.2) is 0 Å². The van der Waals surface area contributed by atoms with Gasteiger partial charge in [-0.05, 0) is 29.3 Å². The van der Waals surface area contributed by atoms with Crippen LogP contribution in [-0.2, 0) is 4.79 Å². The number of nitriles is 1. The zero-order valence-electron chi connectivity index (χ0n) is 16.3. The normalized spacial score (nSPS) is 10.9. The van der Waals surface area contributed by atoms with E-state index in [-0.39, 0.29) is 11.6 Å². The number of methoxy groups -OCH3 is 1. The summed E-state index contributed by atoms with van der Waals surface area (Å²) in [5.41, 5.74) is 2.41. The molecule has 5 nitrogen and oxygen atoms in total. The van der Waals surface area contributed by atoms with Crippen LogP contribution >= 0.6 is 11.6 Å². The summed E-state index contributed by atoms with van der Waals surface area (Å²) in [4.78, 5) is 12.8. The summed E-state index contributed by atoms with van der Waals surface area (Å²) in [7, 11) is 1.53. The lowest BCUT2D eigenvalue weighted by Crippen LogP contribution is -2.30. The Hall–Kier alpha value is -3.75. The number of nitrogens with one attached hydrogen (secondary N) is 2. The van der Waals surface area contributed by atoms with Gasteiger partial charge in [0, 0.05) is 11.9 Å². The summed E-state index contributed by atoms with van der Waals surface area (Å²) in [6.45, 7) is 0. The fourth-order valence-corrected chi connectivity index (χ4v) is 3.18. The Morgan fingerprint density at radius 2 is 1.63 bits per heavy atom.